The number of hydrogen-bond donors (Lipinski definition) is 2. The Labute approximate surface area is 152 Å². The molecule has 1 fully saturated rings. The van der Waals surface area contributed by atoms with Gasteiger partial charge in [-0.25, -0.2) is 4.79 Å². The van der Waals surface area contributed by atoms with Gasteiger partial charge in [0.15, 0.2) is 6.61 Å². The number of carbonyl (C=O) groups excluding carboxylic acids is 2. The zero-order valence-electron chi connectivity index (χ0n) is 13.8. The molecule has 1 aromatic carbocycles. The van der Waals surface area contributed by atoms with E-state index in [1.165, 1.54) is 7.11 Å². The van der Waals surface area contributed by atoms with Gasteiger partial charge in [0.05, 0.1) is 7.11 Å². The highest BCUT2D eigenvalue weighted by Gasteiger charge is 2.17. The van der Waals surface area contributed by atoms with Crippen molar-refractivity contribution >= 4 is 41.7 Å². The van der Waals surface area contributed by atoms with Gasteiger partial charge in [0.25, 0.3) is 0 Å². The molecule has 2 N–H and O–H groups in total. The van der Waals surface area contributed by atoms with Crippen molar-refractivity contribution in [3.8, 4) is 5.75 Å². The Bertz CT molecular complexity index is 565. The summed E-state index contributed by atoms with van der Waals surface area (Å²) in [6.07, 6.45) is 0.465. The second-order valence-electron chi connectivity index (χ2n) is 5.32. The van der Waals surface area contributed by atoms with Crippen molar-refractivity contribution in [3.05, 3.63) is 23.8 Å². The first kappa shape index (κ1) is 20.6. The third kappa shape index (κ3) is 6.59. The Hall–Kier alpha value is -1.44. The minimum Gasteiger partial charge on any atom is -0.482 e. The van der Waals surface area contributed by atoms with Crippen LogP contribution in [0.1, 0.15) is 12.0 Å². The van der Waals surface area contributed by atoms with Crippen LogP contribution in [-0.2, 0) is 14.3 Å². The van der Waals surface area contributed by atoms with Gasteiger partial charge in [0.2, 0.25) is 5.91 Å². The maximum Gasteiger partial charge on any atom is 0.343 e. The van der Waals surface area contributed by atoms with Gasteiger partial charge in [0, 0.05) is 36.2 Å². The fraction of sp³-hybridized carbons (Fsp3) is 0.500. The molecule has 1 amide bonds. The average Bonchev–Trinajstić information content (AvgIpc) is 2.55. The molecule has 24 heavy (non-hydrogen) atoms. The highest BCUT2D eigenvalue weighted by atomic mass is 35.5. The van der Waals surface area contributed by atoms with Crippen molar-refractivity contribution in [2.24, 2.45) is 0 Å². The molecule has 0 spiro atoms. The summed E-state index contributed by atoms with van der Waals surface area (Å²) in [5, 5.41) is 6.27. The molecule has 134 valence electrons. The van der Waals surface area contributed by atoms with Crippen LogP contribution in [0, 0.1) is 6.92 Å². The number of ether oxygens (including phenoxy) is 2. The summed E-state index contributed by atoms with van der Waals surface area (Å²) in [4.78, 5) is 23.2. The minimum absolute atomic E-state index is 0. The molecule has 1 atom stereocenters. The van der Waals surface area contributed by atoms with E-state index in [9.17, 15) is 9.59 Å². The number of carbonyl (C=O) groups is 2. The van der Waals surface area contributed by atoms with Gasteiger partial charge >= 0.3 is 5.97 Å². The van der Waals surface area contributed by atoms with Crippen LogP contribution in [0.5, 0.6) is 5.75 Å². The van der Waals surface area contributed by atoms with Crippen molar-refractivity contribution < 1.29 is 19.1 Å². The number of halogens is 1. The quantitative estimate of drug-likeness (QED) is 0.742. The zero-order valence-corrected chi connectivity index (χ0v) is 15.4. The second-order valence-corrected chi connectivity index (χ2v) is 6.47. The molecular weight excluding hydrogens is 352 g/mol. The molecule has 2 rings (SSSR count). The summed E-state index contributed by atoms with van der Waals surface area (Å²) in [5.74, 6) is 2.20. The van der Waals surface area contributed by atoms with E-state index >= 15 is 0 Å². The van der Waals surface area contributed by atoms with Crippen molar-refractivity contribution in [3.63, 3.8) is 0 Å². The van der Waals surface area contributed by atoms with Gasteiger partial charge in [0.1, 0.15) is 5.75 Å². The van der Waals surface area contributed by atoms with Crippen LogP contribution < -0.4 is 15.4 Å². The van der Waals surface area contributed by atoms with Gasteiger partial charge in [-0.2, -0.15) is 11.8 Å². The first-order chi connectivity index (χ1) is 11.1. The van der Waals surface area contributed by atoms with E-state index in [4.69, 9.17) is 4.74 Å². The molecule has 1 unspecified atom stereocenters. The lowest BCUT2D eigenvalue weighted by molar-refractivity contribution is -0.142. The number of nitrogens with one attached hydrogen (secondary N) is 2. The smallest absolute Gasteiger partial charge is 0.343 e. The molecule has 0 saturated carbocycles. The zero-order chi connectivity index (χ0) is 16.7. The molecule has 0 radical (unpaired) electrons. The van der Waals surface area contributed by atoms with Crippen LogP contribution in [0.25, 0.3) is 0 Å². The van der Waals surface area contributed by atoms with E-state index in [2.05, 4.69) is 15.4 Å². The topological polar surface area (TPSA) is 76.7 Å². The monoisotopic (exact) mass is 374 g/mol. The van der Waals surface area contributed by atoms with E-state index in [0.717, 1.165) is 29.3 Å². The van der Waals surface area contributed by atoms with E-state index in [1.807, 2.05) is 18.7 Å². The van der Waals surface area contributed by atoms with Crippen molar-refractivity contribution in [2.75, 3.05) is 37.1 Å². The van der Waals surface area contributed by atoms with Gasteiger partial charge in [-0.1, -0.05) is 0 Å². The Morgan fingerprint density at radius 1 is 1.42 bits per heavy atom. The molecule has 8 heteroatoms. The highest BCUT2D eigenvalue weighted by Crippen LogP contribution is 2.22. The molecule has 1 aromatic rings. The number of benzene rings is 1. The van der Waals surface area contributed by atoms with E-state index in [-0.39, 0.29) is 31.0 Å². The summed E-state index contributed by atoms with van der Waals surface area (Å²) >= 11 is 1.87. The normalized spacial score (nSPS) is 16.7. The predicted molar refractivity (Wildman–Crippen MR) is 98.3 cm³/mol. The van der Waals surface area contributed by atoms with Crippen molar-refractivity contribution in [1.82, 2.24) is 5.32 Å². The third-order valence-electron chi connectivity index (χ3n) is 3.49. The number of thioether (sulfide) groups is 1. The van der Waals surface area contributed by atoms with E-state index in [0.29, 0.717) is 12.2 Å². The predicted octanol–water partition coefficient (Wildman–Crippen LogP) is 2.00. The summed E-state index contributed by atoms with van der Waals surface area (Å²) < 4.78 is 9.84. The number of esters is 1. The average molecular weight is 375 g/mol. The number of hydrogen-bond acceptors (Lipinski definition) is 6. The van der Waals surface area contributed by atoms with Crippen LogP contribution in [0.15, 0.2) is 18.2 Å². The van der Waals surface area contributed by atoms with Gasteiger partial charge in [-0.3, -0.25) is 4.79 Å². The highest BCUT2D eigenvalue weighted by molar-refractivity contribution is 7.99. The maximum atomic E-state index is 12.1. The lowest BCUT2D eigenvalue weighted by Gasteiger charge is -2.22. The Balaban J connectivity index is 0.00000288. The molecular formula is C16H23ClN2O4S. The van der Waals surface area contributed by atoms with Crippen LogP contribution in [0.3, 0.4) is 0 Å². The summed E-state index contributed by atoms with van der Waals surface area (Å²) in [6, 6.07) is 5.52. The molecule has 1 aliphatic rings. The van der Waals surface area contributed by atoms with Crippen LogP contribution in [0.2, 0.25) is 0 Å². The fourth-order valence-corrected chi connectivity index (χ4v) is 3.19. The Morgan fingerprint density at radius 2 is 2.21 bits per heavy atom. The second kappa shape index (κ2) is 10.4. The maximum absolute atomic E-state index is 12.1. The number of amides is 1. The summed E-state index contributed by atoms with van der Waals surface area (Å²) in [7, 11) is 1.31. The molecule has 0 aromatic heterocycles. The fourth-order valence-electron chi connectivity index (χ4n) is 2.24. The van der Waals surface area contributed by atoms with Gasteiger partial charge < -0.3 is 20.1 Å². The molecule has 6 nitrogen and oxygen atoms in total. The number of rotatable bonds is 6. The Kier molecular flexibility index (Phi) is 8.95. The third-order valence-corrected chi connectivity index (χ3v) is 4.62. The molecule has 1 saturated heterocycles. The lowest BCUT2D eigenvalue weighted by Crippen LogP contribution is -2.39. The number of anilines is 1. The van der Waals surface area contributed by atoms with E-state index < -0.39 is 5.97 Å². The van der Waals surface area contributed by atoms with Crippen LogP contribution in [-0.4, -0.2) is 49.7 Å². The summed E-state index contributed by atoms with van der Waals surface area (Å²) in [5.41, 5.74) is 1.63. The molecule has 0 bridgehead atoms. The molecule has 0 aliphatic carbocycles. The standard InChI is InChI=1S/C16H22N2O4S.ClH/c1-11-7-13(22-9-16(20)21-2)3-4-14(11)18-15(19)8-12-10-23-6-5-17-12;/h3-4,7,12,17H,5-6,8-10H2,1-2H3,(H,18,19);1H. The molecule has 1 aliphatic heterocycles. The Morgan fingerprint density at radius 3 is 2.83 bits per heavy atom. The first-order valence-corrected chi connectivity index (χ1v) is 8.65. The van der Waals surface area contributed by atoms with Crippen molar-refractivity contribution in [1.29, 1.82) is 0 Å². The van der Waals surface area contributed by atoms with E-state index in [1.54, 1.807) is 18.2 Å². The van der Waals surface area contributed by atoms with Crippen LogP contribution >= 0.6 is 24.2 Å². The van der Waals surface area contributed by atoms with Crippen LogP contribution in [0.4, 0.5) is 5.69 Å². The SMILES string of the molecule is COC(=O)COc1ccc(NC(=O)CC2CSCCN2)c(C)c1.Cl. The number of methoxy groups -OCH3 is 1. The molecule has 1 heterocycles. The van der Waals surface area contributed by atoms with Gasteiger partial charge in [-0.05, 0) is 30.7 Å². The largest absolute Gasteiger partial charge is 0.482 e. The van der Waals surface area contributed by atoms with Gasteiger partial charge in [-0.15, -0.1) is 12.4 Å². The first-order valence-electron chi connectivity index (χ1n) is 7.49. The summed E-state index contributed by atoms with van der Waals surface area (Å²) in [6.45, 7) is 2.70. The van der Waals surface area contributed by atoms with Crippen molar-refractivity contribution in [2.45, 2.75) is 19.4 Å². The lowest BCUT2D eigenvalue weighted by atomic mass is 10.1. The number of aryl methyl sites for hydroxylation is 1. The minimum atomic E-state index is -0.433.